The van der Waals surface area contributed by atoms with E-state index in [0.29, 0.717) is 0 Å². The van der Waals surface area contributed by atoms with Crippen LogP contribution in [0.5, 0.6) is 0 Å². The highest BCUT2D eigenvalue weighted by Gasteiger charge is 2.52. The Bertz CT molecular complexity index is 4370. The highest BCUT2D eigenvalue weighted by atomic mass is 16.3. The molecule has 3 aliphatic rings. The zero-order valence-corrected chi connectivity index (χ0v) is 42.0. The van der Waals surface area contributed by atoms with E-state index in [1.54, 1.807) is 0 Å². The largest absolute Gasteiger partial charge is 0.456 e. The maximum atomic E-state index is 6.27. The van der Waals surface area contributed by atoms with Crippen LogP contribution < -0.4 is 9.80 Å². The van der Waals surface area contributed by atoms with Crippen molar-refractivity contribution in [3.05, 3.63) is 336 Å². The second-order valence-electron chi connectivity index (χ2n) is 20.6. The standard InChI is InChI=1S/C74H48N2O/c1-4-21-51(22-5-1)73(52-23-6-2-7-24-52)62-31-14-11-29-59(62)72-65(73)34-20-37-69(72)75(54-42-39-49(40-43-54)50-41-46-71-60(47-50)58-28-12-19-38-70(58)77-71)55-44-45-57-56-27-10-13-30-61(56)74(66(57)48-55)63-32-15-17-35-67(63)76(53-25-8-3-9-26-53)68-36-18-16-33-64(68)74/h1-48H. The van der Waals surface area contributed by atoms with Crippen molar-refractivity contribution >= 4 is 56.1 Å². The summed E-state index contributed by atoms with van der Waals surface area (Å²) in [6.45, 7) is 0. The van der Waals surface area contributed by atoms with Gasteiger partial charge in [-0.2, -0.15) is 0 Å². The Balaban J connectivity index is 0.960. The van der Waals surface area contributed by atoms with E-state index in [1.807, 2.05) is 12.1 Å². The van der Waals surface area contributed by atoms with Crippen LogP contribution in [0, 0.1) is 0 Å². The minimum atomic E-state index is -0.632. The fourth-order valence-electron chi connectivity index (χ4n) is 13.9. The summed E-state index contributed by atoms with van der Waals surface area (Å²) in [5.41, 5.74) is 24.7. The van der Waals surface area contributed by atoms with Crippen molar-refractivity contribution in [2.75, 3.05) is 9.80 Å². The number of anilines is 6. The summed E-state index contributed by atoms with van der Waals surface area (Å²) >= 11 is 0. The Kier molecular flexibility index (Phi) is 9.47. The predicted molar refractivity (Wildman–Crippen MR) is 317 cm³/mol. The van der Waals surface area contributed by atoms with Crippen LogP contribution in [0.4, 0.5) is 34.1 Å². The van der Waals surface area contributed by atoms with E-state index in [9.17, 15) is 0 Å². The summed E-state index contributed by atoms with van der Waals surface area (Å²) in [6, 6.07) is 108. The van der Waals surface area contributed by atoms with Crippen molar-refractivity contribution in [3.8, 4) is 33.4 Å². The minimum absolute atomic E-state index is 0.570. The summed E-state index contributed by atoms with van der Waals surface area (Å²) in [5.74, 6) is 0. The van der Waals surface area contributed by atoms with Gasteiger partial charge < -0.3 is 14.2 Å². The van der Waals surface area contributed by atoms with Gasteiger partial charge in [-0.1, -0.05) is 218 Å². The molecule has 2 aliphatic carbocycles. The summed E-state index contributed by atoms with van der Waals surface area (Å²) in [5, 5.41) is 2.24. The number of nitrogens with zero attached hydrogens (tertiary/aromatic N) is 2. The van der Waals surface area contributed by atoms with Crippen molar-refractivity contribution < 1.29 is 4.42 Å². The van der Waals surface area contributed by atoms with Crippen molar-refractivity contribution in [2.45, 2.75) is 10.8 Å². The third-order valence-electron chi connectivity index (χ3n) is 16.9. The third kappa shape index (κ3) is 6.08. The summed E-state index contributed by atoms with van der Waals surface area (Å²) < 4.78 is 6.27. The Morgan fingerprint density at radius 2 is 0.831 bits per heavy atom. The molecule has 12 aromatic carbocycles. The molecule has 360 valence electrons. The Morgan fingerprint density at radius 3 is 1.53 bits per heavy atom. The van der Waals surface area contributed by atoms with E-state index >= 15 is 0 Å². The first kappa shape index (κ1) is 43.4. The van der Waals surface area contributed by atoms with Gasteiger partial charge in [0.1, 0.15) is 11.2 Å². The Hall–Kier alpha value is -9.96. The maximum Gasteiger partial charge on any atom is 0.135 e. The number of rotatable bonds is 7. The molecule has 0 saturated carbocycles. The molecule has 3 heteroatoms. The maximum absolute atomic E-state index is 6.27. The van der Waals surface area contributed by atoms with Crippen LogP contribution in [0.3, 0.4) is 0 Å². The van der Waals surface area contributed by atoms with Crippen LogP contribution in [0.2, 0.25) is 0 Å². The smallest absolute Gasteiger partial charge is 0.135 e. The summed E-state index contributed by atoms with van der Waals surface area (Å²) in [7, 11) is 0. The number of furan rings is 1. The van der Waals surface area contributed by atoms with E-state index in [4.69, 9.17) is 4.42 Å². The van der Waals surface area contributed by atoms with Crippen LogP contribution in [-0.4, -0.2) is 0 Å². The van der Waals surface area contributed by atoms with Gasteiger partial charge >= 0.3 is 0 Å². The molecule has 1 spiro atoms. The van der Waals surface area contributed by atoms with Crippen LogP contribution in [-0.2, 0) is 10.8 Å². The average Bonchev–Trinajstić information content (AvgIpc) is 3.98. The van der Waals surface area contributed by atoms with Gasteiger partial charge in [0.15, 0.2) is 0 Å². The Morgan fingerprint density at radius 1 is 0.312 bits per heavy atom. The first-order chi connectivity index (χ1) is 38.2. The minimum Gasteiger partial charge on any atom is -0.456 e. The monoisotopic (exact) mass is 980 g/mol. The second-order valence-corrected chi connectivity index (χ2v) is 20.6. The molecule has 0 saturated heterocycles. The van der Waals surface area contributed by atoms with E-state index in [1.165, 1.54) is 78.1 Å². The number of hydrogen-bond donors (Lipinski definition) is 0. The number of benzene rings is 12. The van der Waals surface area contributed by atoms with E-state index < -0.39 is 10.8 Å². The SMILES string of the molecule is c1ccc(N2c3ccccc3C3(c4ccccc4-c4ccc(N(c5ccc(-c6ccc7oc8ccccc8c7c6)cc5)c5cccc6c5-c5ccccc5C6(c5ccccc5)c5ccccc5)cc43)c3ccccc32)cc1. The van der Waals surface area contributed by atoms with E-state index in [0.717, 1.165) is 55.8 Å². The van der Waals surface area contributed by atoms with Gasteiger partial charge in [-0.25, -0.2) is 0 Å². The van der Waals surface area contributed by atoms with E-state index in [2.05, 4.69) is 289 Å². The molecule has 3 nitrogen and oxygen atoms in total. The second kappa shape index (κ2) is 16.8. The van der Waals surface area contributed by atoms with Crippen molar-refractivity contribution in [1.29, 1.82) is 0 Å². The van der Waals surface area contributed by atoms with Crippen molar-refractivity contribution in [1.82, 2.24) is 0 Å². The third-order valence-corrected chi connectivity index (χ3v) is 16.9. The topological polar surface area (TPSA) is 19.6 Å². The van der Waals surface area contributed by atoms with Gasteiger partial charge in [-0.3, -0.25) is 0 Å². The lowest BCUT2D eigenvalue weighted by Gasteiger charge is -2.45. The molecule has 77 heavy (non-hydrogen) atoms. The molecule has 16 rings (SSSR count). The average molecular weight is 981 g/mol. The molecular formula is C74H48N2O. The molecule has 13 aromatic rings. The molecule has 0 amide bonds. The van der Waals surface area contributed by atoms with Crippen LogP contribution in [0.15, 0.2) is 296 Å². The quantitative estimate of drug-likeness (QED) is 0.159. The highest BCUT2D eigenvalue weighted by Crippen LogP contribution is 2.65. The molecule has 0 fully saturated rings. The Labute approximate surface area is 447 Å². The number of fused-ring (bicyclic) bond motifs is 15. The van der Waals surface area contributed by atoms with Gasteiger partial charge in [0.2, 0.25) is 0 Å². The molecule has 0 unspecified atom stereocenters. The molecule has 0 bridgehead atoms. The molecule has 0 N–H and O–H groups in total. The lowest BCUT2D eigenvalue weighted by molar-refractivity contribution is 0.669. The van der Waals surface area contributed by atoms with Crippen molar-refractivity contribution in [2.24, 2.45) is 0 Å². The molecule has 1 aromatic heterocycles. The lowest BCUT2D eigenvalue weighted by Crippen LogP contribution is -2.36. The fourth-order valence-corrected chi connectivity index (χ4v) is 13.9. The fraction of sp³-hybridized carbons (Fsp3) is 0.0270. The first-order valence-corrected chi connectivity index (χ1v) is 26.7. The summed E-state index contributed by atoms with van der Waals surface area (Å²) in [4.78, 5) is 4.99. The predicted octanol–water partition coefficient (Wildman–Crippen LogP) is 19.2. The van der Waals surface area contributed by atoms with Crippen molar-refractivity contribution in [3.63, 3.8) is 0 Å². The molecular weight excluding hydrogens is 933 g/mol. The summed E-state index contributed by atoms with van der Waals surface area (Å²) in [6.07, 6.45) is 0. The van der Waals surface area contributed by atoms with Gasteiger partial charge in [0.05, 0.1) is 27.9 Å². The molecule has 0 radical (unpaired) electrons. The number of hydrogen-bond acceptors (Lipinski definition) is 3. The normalized spacial score (nSPS) is 13.9. The molecule has 1 aliphatic heterocycles. The molecule has 2 heterocycles. The van der Waals surface area contributed by atoms with Gasteiger partial charge in [0.25, 0.3) is 0 Å². The van der Waals surface area contributed by atoms with Crippen LogP contribution >= 0.6 is 0 Å². The number of para-hydroxylation sites is 4. The van der Waals surface area contributed by atoms with Crippen LogP contribution in [0.25, 0.3) is 55.3 Å². The zero-order chi connectivity index (χ0) is 50.7. The van der Waals surface area contributed by atoms with Gasteiger partial charge in [-0.15, -0.1) is 0 Å². The zero-order valence-electron chi connectivity index (χ0n) is 42.0. The first-order valence-electron chi connectivity index (χ1n) is 26.7. The lowest BCUT2D eigenvalue weighted by atomic mass is 9.64. The van der Waals surface area contributed by atoms with E-state index in [-0.39, 0.29) is 0 Å². The van der Waals surface area contributed by atoms with Gasteiger partial charge in [0, 0.05) is 33.4 Å². The highest BCUT2D eigenvalue weighted by molar-refractivity contribution is 6.06. The molecule has 0 atom stereocenters. The van der Waals surface area contributed by atoms with Crippen LogP contribution in [0.1, 0.15) is 44.5 Å². The van der Waals surface area contributed by atoms with Gasteiger partial charge in [-0.05, 0) is 145 Å².